The number of aliphatic imine (C=N–C) groups is 1. The number of halogens is 1. The van der Waals surface area contributed by atoms with E-state index in [1.165, 1.54) is 0 Å². The number of nitrogens with zero attached hydrogens (tertiary/aromatic N) is 3. The number of hydrogen-bond acceptors (Lipinski definition) is 5. The second kappa shape index (κ2) is 12.0. The zero-order valence-corrected chi connectivity index (χ0v) is 17.9. The number of aromatic nitrogens is 1. The standard InChI is InChI=1S/C16H28N4O2S.HI/c1-13-19-14(12-23-13)11-20(3)16(17-2)18-7-4-8-22-15-5-9-21-10-6-15;/h12,15H,4-11H2,1-3H3,(H,17,18);1H. The summed E-state index contributed by atoms with van der Waals surface area (Å²) in [5, 5.41) is 6.58. The summed E-state index contributed by atoms with van der Waals surface area (Å²) in [6.45, 7) is 6.09. The smallest absolute Gasteiger partial charge is 0.193 e. The molecule has 2 rings (SSSR count). The number of guanidine groups is 1. The topological polar surface area (TPSA) is 59.0 Å². The first-order valence-corrected chi connectivity index (χ1v) is 9.09. The predicted octanol–water partition coefficient (Wildman–Crippen LogP) is 2.66. The van der Waals surface area contributed by atoms with Gasteiger partial charge in [0.25, 0.3) is 0 Å². The van der Waals surface area contributed by atoms with Crippen LogP contribution in [0.3, 0.4) is 0 Å². The van der Waals surface area contributed by atoms with E-state index >= 15 is 0 Å². The quantitative estimate of drug-likeness (QED) is 0.289. The van der Waals surface area contributed by atoms with Gasteiger partial charge in [-0.05, 0) is 26.2 Å². The Kier molecular flexibility index (Phi) is 10.8. The van der Waals surface area contributed by atoms with Crippen molar-refractivity contribution in [1.29, 1.82) is 0 Å². The molecule has 0 spiro atoms. The van der Waals surface area contributed by atoms with Crippen molar-refractivity contribution in [3.8, 4) is 0 Å². The van der Waals surface area contributed by atoms with Crippen molar-refractivity contribution < 1.29 is 9.47 Å². The SMILES string of the molecule is CN=C(NCCCOC1CCOCC1)N(C)Cc1csc(C)n1.I. The molecule has 0 unspecified atom stereocenters. The molecule has 0 atom stereocenters. The van der Waals surface area contributed by atoms with Gasteiger partial charge in [-0.1, -0.05) is 0 Å². The van der Waals surface area contributed by atoms with Gasteiger partial charge in [-0.15, -0.1) is 35.3 Å². The Morgan fingerprint density at radius 2 is 2.25 bits per heavy atom. The van der Waals surface area contributed by atoms with Crippen LogP contribution in [0, 0.1) is 6.92 Å². The minimum Gasteiger partial charge on any atom is -0.381 e. The van der Waals surface area contributed by atoms with Crippen molar-refractivity contribution in [2.24, 2.45) is 4.99 Å². The third-order valence-electron chi connectivity index (χ3n) is 3.77. The minimum absolute atomic E-state index is 0. The van der Waals surface area contributed by atoms with Crippen LogP contribution in [0.4, 0.5) is 0 Å². The first-order valence-electron chi connectivity index (χ1n) is 8.21. The summed E-state index contributed by atoms with van der Waals surface area (Å²) in [6, 6.07) is 0. The average molecular weight is 468 g/mol. The van der Waals surface area contributed by atoms with Gasteiger partial charge in [0, 0.05) is 45.8 Å². The van der Waals surface area contributed by atoms with Gasteiger partial charge < -0.3 is 19.7 Å². The van der Waals surface area contributed by atoms with E-state index in [4.69, 9.17) is 9.47 Å². The maximum atomic E-state index is 5.88. The van der Waals surface area contributed by atoms with Crippen LogP contribution in [0.25, 0.3) is 0 Å². The molecule has 0 amide bonds. The maximum absolute atomic E-state index is 5.88. The van der Waals surface area contributed by atoms with E-state index in [1.807, 2.05) is 21.0 Å². The summed E-state index contributed by atoms with van der Waals surface area (Å²) >= 11 is 1.68. The van der Waals surface area contributed by atoms with Crippen molar-refractivity contribution in [2.75, 3.05) is 40.5 Å². The third kappa shape index (κ3) is 7.62. The third-order valence-corrected chi connectivity index (χ3v) is 4.59. The molecule has 24 heavy (non-hydrogen) atoms. The lowest BCUT2D eigenvalue weighted by Crippen LogP contribution is -2.39. The molecule has 1 N–H and O–H groups in total. The molecular weight excluding hydrogens is 439 g/mol. The molecule has 1 aromatic rings. The number of ether oxygens (including phenoxy) is 2. The van der Waals surface area contributed by atoms with E-state index in [1.54, 1.807) is 11.3 Å². The normalized spacial score (nSPS) is 15.9. The molecule has 1 aliphatic heterocycles. The molecule has 2 heterocycles. The van der Waals surface area contributed by atoms with Crippen molar-refractivity contribution in [2.45, 2.75) is 38.8 Å². The number of hydrogen-bond donors (Lipinski definition) is 1. The van der Waals surface area contributed by atoms with Crippen LogP contribution in [0.1, 0.15) is 30.0 Å². The monoisotopic (exact) mass is 468 g/mol. The highest BCUT2D eigenvalue weighted by Gasteiger charge is 2.13. The Labute approximate surface area is 166 Å². The second-order valence-electron chi connectivity index (χ2n) is 5.72. The van der Waals surface area contributed by atoms with E-state index < -0.39 is 0 Å². The Morgan fingerprint density at radius 3 is 2.88 bits per heavy atom. The fourth-order valence-corrected chi connectivity index (χ4v) is 3.15. The second-order valence-corrected chi connectivity index (χ2v) is 6.79. The fraction of sp³-hybridized carbons (Fsp3) is 0.750. The molecule has 0 radical (unpaired) electrons. The lowest BCUT2D eigenvalue weighted by Gasteiger charge is -2.23. The molecule has 1 aliphatic rings. The summed E-state index contributed by atoms with van der Waals surface area (Å²) < 4.78 is 11.2. The molecule has 0 bridgehead atoms. The lowest BCUT2D eigenvalue weighted by molar-refractivity contribution is -0.0320. The summed E-state index contributed by atoms with van der Waals surface area (Å²) in [5.41, 5.74) is 1.08. The molecule has 8 heteroatoms. The molecule has 1 saturated heterocycles. The Bertz CT molecular complexity index is 492. The van der Waals surface area contributed by atoms with Gasteiger partial charge in [0.15, 0.2) is 5.96 Å². The van der Waals surface area contributed by atoms with Gasteiger partial charge in [-0.25, -0.2) is 4.98 Å². The molecule has 0 aromatic carbocycles. The molecule has 1 aromatic heterocycles. The number of aryl methyl sites for hydroxylation is 1. The van der Waals surface area contributed by atoms with Gasteiger partial charge in [-0.3, -0.25) is 4.99 Å². The number of nitrogens with one attached hydrogen (secondary N) is 1. The van der Waals surface area contributed by atoms with Crippen LogP contribution in [-0.4, -0.2) is 62.4 Å². The zero-order chi connectivity index (χ0) is 16.5. The summed E-state index contributed by atoms with van der Waals surface area (Å²) in [6.07, 6.45) is 3.38. The lowest BCUT2D eigenvalue weighted by atomic mass is 10.1. The van der Waals surface area contributed by atoms with Gasteiger partial charge >= 0.3 is 0 Å². The highest BCUT2D eigenvalue weighted by atomic mass is 127. The van der Waals surface area contributed by atoms with Crippen LogP contribution >= 0.6 is 35.3 Å². The van der Waals surface area contributed by atoms with Gasteiger partial charge in [0.1, 0.15) is 0 Å². The van der Waals surface area contributed by atoms with Crippen molar-refractivity contribution >= 4 is 41.3 Å². The molecular formula is C16H29IN4O2S. The van der Waals surface area contributed by atoms with Crippen LogP contribution in [-0.2, 0) is 16.0 Å². The van der Waals surface area contributed by atoms with E-state index in [2.05, 4.69) is 25.6 Å². The first-order chi connectivity index (χ1) is 11.2. The van der Waals surface area contributed by atoms with E-state index in [0.29, 0.717) is 6.10 Å². The van der Waals surface area contributed by atoms with Crippen LogP contribution in [0.5, 0.6) is 0 Å². The molecule has 0 saturated carbocycles. The predicted molar refractivity (Wildman–Crippen MR) is 110 cm³/mol. The summed E-state index contributed by atoms with van der Waals surface area (Å²) in [4.78, 5) is 10.9. The summed E-state index contributed by atoms with van der Waals surface area (Å²) in [7, 11) is 3.84. The maximum Gasteiger partial charge on any atom is 0.193 e. The molecule has 138 valence electrons. The van der Waals surface area contributed by atoms with E-state index in [-0.39, 0.29) is 24.0 Å². The van der Waals surface area contributed by atoms with Crippen LogP contribution in [0.2, 0.25) is 0 Å². The fourth-order valence-electron chi connectivity index (χ4n) is 2.55. The van der Waals surface area contributed by atoms with E-state index in [0.717, 1.165) is 68.8 Å². The van der Waals surface area contributed by atoms with Crippen LogP contribution in [0.15, 0.2) is 10.4 Å². The Balaban J connectivity index is 0.00000288. The van der Waals surface area contributed by atoms with Gasteiger partial charge in [-0.2, -0.15) is 0 Å². The molecule has 1 fully saturated rings. The van der Waals surface area contributed by atoms with Crippen molar-refractivity contribution in [3.63, 3.8) is 0 Å². The molecule has 0 aliphatic carbocycles. The van der Waals surface area contributed by atoms with E-state index in [9.17, 15) is 0 Å². The van der Waals surface area contributed by atoms with Gasteiger partial charge in [0.2, 0.25) is 0 Å². The van der Waals surface area contributed by atoms with Crippen molar-refractivity contribution in [1.82, 2.24) is 15.2 Å². The Hall–Kier alpha value is -0.450. The Morgan fingerprint density at radius 1 is 1.50 bits per heavy atom. The largest absolute Gasteiger partial charge is 0.381 e. The average Bonchev–Trinajstić information content (AvgIpc) is 2.96. The highest BCUT2D eigenvalue weighted by molar-refractivity contribution is 14.0. The number of thiazole rings is 1. The van der Waals surface area contributed by atoms with Crippen molar-refractivity contribution in [3.05, 3.63) is 16.1 Å². The number of rotatable bonds is 7. The molecule has 6 nitrogen and oxygen atoms in total. The van der Waals surface area contributed by atoms with Gasteiger partial charge in [0.05, 0.1) is 23.4 Å². The summed E-state index contributed by atoms with van der Waals surface area (Å²) in [5.74, 6) is 0.890. The highest BCUT2D eigenvalue weighted by Crippen LogP contribution is 2.11. The first kappa shape index (κ1) is 21.6. The zero-order valence-electron chi connectivity index (χ0n) is 14.8. The minimum atomic E-state index is 0. The van der Waals surface area contributed by atoms with Crippen LogP contribution < -0.4 is 5.32 Å².